The Labute approximate surface area is 123 Å². The maximum atomic E-state index is 4.17. The van der Waals surface area contributed by atoms with E-state index in [1.54, 1.807) is 6.08 Å². The number of hydrogen-bond acceptors (Lipinski definition) is 1. The van der Waals surface area contributed by atoms with Crippen LogP contribution in [0.1, 0.15) is 32.3 Å². The zero-order chi connectivity index (χ0) is 15.1. The molecule has 1 unspecified atom stereocenters. The number of rotatable bonds is 8. The molecule has 1 rings (SSSR count). The van der Waals surface area contributed by atoms with Crippen LogP contribution in [0, 0.1) is 5.92 Å². The number of benzene rings is 1. The van der Waals surface area contributed by atoms with Crippen molar-refractivity contribution >= 4 is 11.3 Å². The minimum atomic E-state index is 0.416. The highest BCUT2D eigenvalue weighted by molar-refractivity contribution is 5.73. The zero-order valence-corrected chi connectivity index (χ0v) is 12.7. The SMILES string of the molecule is C=CC(=C)c1cccc(NC(=C)C(CC)CC(=C)C)c1. The van der Waals surface area contributed by atoms with E-state index in [1.165, 1.54) is 5.57 Å². The Hall–Kier alpha value is -2.02. The molecule has 0 aliphatic rings. The van der Waals surface area contributed by atoms with E-state index in [1.807, 2.05) is 18.2 Å². The predicted octanol–water partition coefficient (Wildman–Crippen LogP) is 5.80. The summed E-state index contributed by atoms with van der Waals surface area (Å²) in [6.07, 6.45) is 3.79. The second kappa shape index (κ2) is 7.54. The zero-order valence-electron chi connectivity index (χ0n) is 12.7. The minimum absolute atomic E-state index is 0.416. The van der Waals surface area contributed by atoms with Gasteiger partial charge in [-0.25, -0.2) is 0 Å². The molecule has 1 aromatic rings. The fourth-order valence-electron chi connectivity index (χ4n) is 2.14. The molecule has 0 saturated carbocycles. The maximum absolute atomic E-state index is 4.17. The van der Waals surface area contributed by atoms with Gasteiger partial charge >= 0.3 is 0 Å². The number of hydrogen-bond donors (Lipinski definition) is 1. The second-order valence-corrected chi connectivity index (χ2v) is 5.23. The van der Waals surface area contributed by atoms with Gasteiger partial charge in [-0.15, -0.1) is 6.58 Å². The number of allylic oxidation sites excluding steroid dienone is 4. The molecule has 0 saturated heterocycles. The first kappa shape index (κ1) is 16.0. The highest BCUT2D eigenvalue weighted by Gasteiger charge is 2.11. The third-order valence-corrected chi connectivity index (χ3v) is 3.37. The largest absolute Gasteiger partial charge is 0.359 e. The molecule has 0 heterocycles. The molecule has 20 heavy (non-hydrogen) atoms. The summed E-state index contributed by atoms with van der Waals surface area (Å²) in [7, 11) is 0. The first-order valence-electron chi connectivity index (χ1n) is 6.99. The van der Waals surface area contributed by atoms with Gasteiger partial charge in [0.2, 0.25) is 0 Å². The van der Waals surface area contributed by atoms with Gasteiger partial charge in [-0.2, -0.15) is 0 Å². The van der Waals surface area contributed by atoms with Crippen molar-refractivity contribution in [3.63, 3.8) is 0 Å². The lowest BCUT2D eigenvalue weighted by molar-refractivity contribution is 0.591. The van der Waals surface area contributed by atoms with Crippen LogP contribution in [-0.4, -0.2) is 0 Å². The van der Waals surface area contributed by atoms with Gasteiger partial charge in [-0.1, -0.05) is 50.4 Å². The van der Waals surface area contributed by atoms with E-state index in [2.05, 4.69) is 51.5 Å². The normalized spacial score (nSPS) is 11.5. The number of nitrogens with one attached hydrogen (secondary N) is 1. The minimum Gasteiger partial charge on any atom is -0.359 e. The quantitative estimate of drug-likeness (QED) is 0.463. The highest BCUT2D eigenvalue weighted by atomic mass is 14.9. The molecule has 0 amide bonds. The van der Waals surface area contributed by atoms with Crippen molar-refractivity contribution in [2.45, 2.75) is 26.7 Å². The predicted molar refractivity (Wildman–Crippen MR) is 91.6 cm³/mol. The molecule has 0 radical (unpaired) electrons. The molecular formula is C19H25N. The van der Waals surface area contributed by atoms with Crippen LogP contribution in [0.3, 0.4) is 0 Å². The monoisotopic (exact) mass is 267 g/mol. The van der Waals surface area contributed by atoms with E-state index in [0.29, 0.717) is 5.92 Å². The van der Waals surface area contributed by atoms with Gasteiger partial charge < -0.3 is 5.32 Å². The third kappa shape index (κ3) is 4.58. The Morgan fingerprint density at radius 1 is 1.30 bits per heavy atom. The van der Waals surface area contributed by atoms with Gasteiger partial charge in [0.05, 0.1) is 0 Å². The van der Waals surface area contributed by atoms with Gasteiger partial charge in [0.1, 0.15) is 0 Å². The van der Waals surface area contributed by atoms with E-state index in [0.717, 1.165) is 35.4 Å². The molecule has 0 aliphatic carbocycles. The molecule has 1 atom stereocenters. The van der Waals surface area contributed by atoms with Crippen LogP contribution in [-0.2, 0) is 0 Å². The van der Waals surface area contributed by atoms with Gasteiger partial charge in [0.15, 0.2) is 0 Å². The summed E-state index contributed by atoms with van der Waals surface area (Å²) in [5, 5.41) is 3.41. The molecule has 0 bridgehead atoms. The van der Waals surface area contributed by atoms with Crippen LogP contribution >= 0.6 is 0 Å². The van der Waals surface area contributed by atoms with Crippen LogP contribution in [0.4, 0.5) is 5.69 Å². The van der Waals surface area contributed by atoms with Crippen molar-refractivity contribution < 1.29 is 0 Å². The van der Waals surface area contributed by atoms with Crippen LogP contribution in [0.5, 0.6) is 0 Å². The Balaban J connectivity index is 2.81. The average molecular weight is 267 g/mol. The van der Waals surface area contributed by atoms with Gasteiger partial charge in [0.25, 0.3) is 0 Å². The lowest BCUT2D eigenvalue weighted by Crippen LogP contribution is -2.10. The summed E-state index contributed by atoms with van der Waals surface area (Å²) in [6.45, 7) is 20.1. The van der Waals surface area contributed by atoms with Crippen LogP contribution in [0.25, 0.3) is 5.57 Å². The fraction of sp³-hybridized carbons (Fsp3) is 0.263. The summed E-state index contributed by atoms with van der Waals surface area (Å²) in [4.78, 5) is 0. The van der Waals surface area contributed by atoms with Crippen molar-refractivity contribution in [3.8, 4) is 0 Å². The molecule has 1 N–H and O–H groups in total. The summed E-state index contributed by atoms with van der Waals surface area (Å²) < 4.78 is 0. The first-order chi connectivity index (χ1) is 9.47. The Morgan fingerprint density at radius 3 is 2.55 bits per heavy atom. The third-order valence-electron chi connectivity index (χ3n) is 3.37. The Bertz CT molecular complexity index is 522. The lowest BCUT2D eigenvalue weighted by atomic mass is 9.95. The van der Waals surface area contributed by atoms with Crippen molar-refractivity contribution in [3.05, 3.63) is 73.5 Å². The second-order valence-electron chi connectivity index (χ2n) is 5.23. The van der Waals surface area contributed by atoms with Crippen molar-refractivity contribution in [2.75, 3.05) is 5.32 Å². The van der Waals surface area contributed by atoms with Crippen molar-refractivity contribution in [1.82, 2.24) is 0 Å². The van der Waals surface area contributed by atoms with E-state index in [4.69, 9.17) is 0 Å². The smallest absolute Gasteiger partial charge is 0.0387 e. The molecule has 1 nitrogen and oxygen atoms in total. The average Bonchev–Trinajstić information content (AvgIpc) is 2.43. The van der Waals surface area contributed by atoms with Crippen LogP contribution in [0.15, 0.2) is 67.9 Å². The summed E-state index contributed by atoms with van der Waals surface area (Å²) in [5.41, 5.74) is 5.26. The van der Waals surface area contributed by atoms with Gasteiger partial charge in [0, 0.05) is 17.3 Å². The summed E-state index contributed by atoms with van der Waals surface area (Å²) in [5.74, 6) is 0.416. The summed E-state index contributed by atoms with van der Waals surface area (Å²) >= 11 is 0. The van der Waals surface area contributed by atoms with Gasteiger partial charge in [-0.3, -0.25) is 0 Å². The standard InChI is InChI=1S/C19H25N/c1-7-15(5)18-10-9-11-19(13-18)20-16(6)17(8-2)12-14(3)4/h7,9-11,13,17,20H,1,3,5-6,8,12H2,2,4H3. The van der Waals surface area contributed by atoms with E-state index < -0.39 is 0 Å². The van der Waals surface area contributed by atoms with Gasteiger partial charge in [-0.05, 0) is 43.0 Å². The molecule has 1 aromatic carbocycles. The van der Waals surface area contributed by atoms with Crippen LogP contribution in [0.2, 0.25) is 0 Å². The topological polar surface area (TPSA) is 12.0 Å². The lowest BCUT2D eigenvalue weighted by Gasteiger charge is -2.20. The van der Waals surface area contributed by atoms with E-state index in [9.17, 15) is 0 Å². The van der Waals surface area contributed by atoms with Crippen molar-refractivity contribution in [2.24, 2.45) is 5.92 Å². The molecule has 0 fully saturated rings. The van der Waals surface area contributed by atoms with Crippen molar-refractivity contribution in [1.29, 1.82) is 0 Å². The molecular weight excluding hydrogens is 242 g/mol. The number of anilines is 1. The highest BCUT2D eigenvalue weighted by Crippen LogP contribution is 2.25. The first-order valence-corrected chi connectivity index (χ1v) is 6.99. The fourth-order valence-corrected chi connectivity index (χ4v) is 2.14. The Morgan fingerprint density at radius 2 is 2.00 bits per heavy atom. The molecule has 0 spiro atoms. The molecule has 106 valence electrons. The van der Waals surface area contributed by atoms with E-state index >= 15 is 0 Å². The van der Waals surface area contributed by atoms with E-state index in [-0.39, 0.29) is 0 Å². The molecule has 0 aromatic heterocycles. The maximum Gasteiger partial charge on any atom is 0.0387 e. The summed E-state index contributed by atoms with van der Waals surface area (Å²) in [6, 6.07) is 8.16. The Kier molecular flexibility index (Phi) is 6.05. The molecule has 0 aliphatic heterocycles. The van der Waals surface area contributed by atoms with Crippen LogP contribution < -0.4 is 5.32 Å². The molecule has 1 heteroatoms.